The van der Waals surface area contributed by atoms with Crippen molar-refractivity contribution in [2.24, 2.45) is 0 Å². The lowest BCUT2D eigenvalue weighted by Gasteiger charge is -2.37. The molecule has 7 rings (SSSR count). The molecule has 2 aromatic heterocycles. The summed E-state index contributed by atoms with van der Waals surface area (Å²) in [4.78, 5) is 26.3. The number of imidazole rings is 1. The minimum Gasteiger partial charge on any atom is -0.456 e. The summed E-state index contributed by atoms with van der Waals surface area (Å²) >= 11 is 0. The summed E-state index contributed by atoms with van der Waals surface area (Å²) in [6.07, 6.45) is 1.60. The van der Waals surface area contributed by atoms with E-state index >= 15 is 0 Å². The van der Waals surface area contributed by atoms with Gasteiger partial charge in [-0.05, 0) is 35.7 Å². The molecule has 3 heterocycles. The largest absolute Gasteiger partial charge is 0.456 e. The van der Waals surface area contributed by atoms with Crippen molar-refractivity contribution in [2.75, 3.05) is 12.3 Å². The number of fused-ring (bicyclic) bond motifs is 1. The molecular weight excluding hydrogens is 578 g/mol. The molecule has 1 saturated heterocycles. The van der Waals surface area contributed by atoms with Crippen LogP contribution < -0.4 is 5.73 Å². The maximum absolute atomic E-state index is 13.4. The van der Waals surface area contributed by atoms with Crippen molar-refractivity contribution in [1.29, 1.82) is 0 Å². The van der Waals surface area contributed by atoms with E-state index in [1.807, 2.05) is 73.7 Å². The fourth-order valence-electron chi connectivity index (χ4n) is 6.10. The van der Waals surface area contributed by atoms with Gasteiger partial charge >= 0.3 is 5.97 Å². The molecular formula is C37H33N5O4. The fraction of sp³-hybridized carbons (Fsp3) is 0.189. The number of anilines is 1. The molecule has 0 bridgehead atoms. The zero-order valence-corrected chi connectivity index (χ0v) is 25.3. The van der Waals surface area contributed by atoms with Crippen LogP contribution in [0.3, 0.4) is 0 Å². The van der Waals surface area contributed by atoms with Crippen molar-refractivity contribution in [3.8, 4) is 0 Å². The Bertz CT molecular complexity index is 1840. The molecule has 9 heteroatoms. The molecule has 0 spiro atoms. The van der Waals surface area contributed by atoms with E-state index in [4.69, 9.17) is 19.9 Å². The topological polar surface area (TPSA) is 114 Å². The molecule has 1 fully saturated rings. The zero-order chi connectivity index (χ0) is 31.5. The van der Waals surface area contributed by atoms with Gasteiger partial charge in [0.1, 0.15) is 35.9 Å². The smallest absolute Gasteiger partial charge is 0.338 e. The molecule has 3 atom stereocenters. The number of nitrogens with two attached hydrogens (primary N) is 1. The Labute approximate surface area is 266 Å². The van der Waals surface area contributed by atoms with Crippen molar-refractivity contribution in [2.45, 2.75) is 37.4 Å². The Kier molecular flexibility index (Phi) is 8.00. The van der Waals surface area contributed by atoms with Gasteiger partial charge in [0.2, 0.25) is 0 Å². The molecule has 4 aromatic carbocycles. The van der Waals surface area contributed by atoms with E-state index in [0.717, 1.165) is 22.3 Å². The Balaban J connectivity index is 1.26. The van der Waals surface area contributed by atoms with Crippen molar-refractivity contribution < 1.29 is 19.0 Å². The van der Waals surface area contributed by atoms with E-state index in [-0.39, 0.29) is 12.4 Å². The maximum atomic E-state index is 13.4. The number of hydrogen-bond acceptors (Lipinski definition) is 8. The second-order valence-electron chi connectivity index (χ2n) is 11.3. The molecule has 0 amide bonds. The van der Waals surface area contributed by atoms with Gasteiger partial charge in [0.05, 0.1) is 18.5 Å². The fourth-order valence-corrected chi connectivity index (χ4v) is 6.10. The molecule has 0 saturated carbocycles. The van der Waals surface area contributed by atoms with Crippen LogP contribution in [0.2, 0.25) is 0 Å². The van der Waals surface area contributed by atoms with E-state index in [2.05, 4.69) is 51.4 Å². The monoisotopic (exact) mass is 611 g/mol. The van der Waals surface area contributed by atoms with E-state index < -0.39 is 30.0 Å². The number of aromatic nitrogens is 4. The number of nitrogen functional groups attached to an aromatic ring is 1. The number of hydrogen-bond donors (Lipinski definition) is 1. The average Bonchev–Trinajstić information content (AvgIpc) is 3.72. The van der Waals surface area contributed by atoms with Crippen LogP contribution in [-0.4, -0.2) is 44.3 Å². The van der Waals surface area contributed by atoms with Crippen LogP contribution in [0, 0.1) is 6.92 Å². The highest BCUT2D eigenvalue weighted by molar-refractivity contribution is 5.89. The Morgan fingerprint density at radius 3 is 2.02 bits per heavy atom. The normalized spacial score (nSPS) is 18.1. The van der Waals surface area contributed by atoms with Crippen molar-refractivity contribution >= 4 is 23.0 Å². The van der Waals surface area contributed by atoms with Gasteiger partial charge in [-0.2, -0.15) is 0 Å². The minimum atomic E-state index is -0.972. The second kappa shape index (κ2) is 12.5. The highest BCUT2D eigenvalue weighted by Gasteiger charge is 2.44. The predicted molar refractivity (Wildman–Crippen MR) is 174 cm³/mol. The molecule has 46 heavy (non-hydrogen) atoms. The molecule has 0 unspecified atom stereocenters. The highest BCUT2D eigenvalue weighted by atomic mass is 16.6. The third-order valence-electron chi connectivity index (χ3n) is 8.43. The number of carbonyl (C=O) groups excluding carboxylic acids is 1. The van der Waals surface area contributed by atoms with Crippen LogP contribution in [0.15, 0.2) is 128 Å². The van der Waals surface area contributed by atoms with Crippen molar-refractivity contribution in [3.63, 3.8) is 0 Å². The molecule has 1 aliphatic heterocycles. The van der Waals surface area contributed by atoms with Crippen molar-refractivity contribution in [3.05, 3.63) is 156 Å². The summed E-state index contributed by atoms with van der Waals surface area (Å²) in [5.74, 6) is -0.149. The van der Waals surface area contributed by atoms with Crippen LogP contribution >= 0.6 is 0 Å². The Morgan fingerprint density at radius 2 is 1.43 bits per heavy atom. The number of nitrogens with zero attached hydrogens (tertiary/aromatic N) is 4. The molecule has 1 aliphatic rings. The maximum Gasteiger partial charge on any atom is 0.338 e. The summed E-state index contributed by atoms with van der Waals surface area (Å²) in [7, 11) is 0. The van der Waals surface area contributed by atoms with E-state index in [1.165, 1.54) is 6.33 Å². The van der Waals surface area contributed by atoms with Gasteiger partial charge in [-0.15, -0.1) is 0 Å². The number of benzene rings is 4. The van der Waals surface area contributed by atoms with Gasteiger partial charge in [-0.25, -0.2) is 19.7 Å². The third kappa shape index (κ3) is 5.51. The molecule has 2 N–H and O–H groups in total. The summed E-state index contributed by atoms with van der Waals surface area (Å²) in [6.45, 7) is 2.09. The predicted octanol–water partition coefficient (Wildman–Crippen LogP) is 6.24. The quantitative estimate of drug-likeness (QED) is 0.151. The van der Waals surface area contributed by atoms with E-state index in [9.17, 15) is 4.79 Å². The Hall–Kier alpha value is -5.38. The number of esters is 1. The van der Waals surface area contributed by atoms with Gasteiger partial charge in [0.25, 0.3) is 0 Å². The number of carbonyl (C=O) groups is 1. The van der Waals surface area contributed by atoms with Crippen LogP contribution in [0.4, 0.5) is 5.82 Å². The molecule has 6 aromatic rings. The lowest BCUT2D eigenvalue weighted by molar-refractivity contribution is -0.0955. The highest BCUT2D eigenvalue weighted by Crippen LogP contribution is 2.42. The SMILES string of the molecule is Cc1ccc(C(=O)O[C@H]2C[C@H](n3cnc4c(N)ncnc43)O[C@@H]2COC(c2ccccc2)(c2ccccc2)c2ccccc2)cc1. The first kappa shape index (κ1) is 29.3. The van der Waals surface area contributed by atoms with Crippen LogP contribution in [0.25, 0.3) is 11.2 Å². The van der Waals surface area contributed by atoms with Crippen molar-refractivity contribution in [1.82, 2.24) is 19.5 Å². The van der Waals surface area contributed by atoms with Gasteiger partial charge in [-0.1, -0.05) is 109 Å². The summed E-state index contributed by atoms with van der Waals surface area (Å²) in [6, 6.07) is 37.7. The average molecular weight is 612 g/mol. The number of ether oxygens (including phenoxy) is 3. The molecule has 0 radical (unpaired) electrons. The molecule has 9 nitrogen and oxygen atoms in total. The van der Waals surface area contributed by atoms with Gasteiger partial charge in [0.15, 0.2) is 11.5 Å². The van der Waals surface area contributed by atoms with Crippen LogP contribution in [0.5, 0.6) is 0 Å². The summed E-state index contributed by atoms with van der Waals surface area (Å²) < 4.78 is 21.7. The first-order valence-corrected chi connectivity index (χ1v) is 15.2. The standard InChI is InChI=1S/C37H33N5O4/c1-25-17-19-26(20-18-25)36(43)46-30-21-32(42-24-41-33-34(38)39-23-40-35(33)42)45-31(30)22-44-37(27-11-5-2-6-12-27,28-13-7-3-8-14-28)29-15-9-4-10-16-29/h2-20,23-24,30-32H,21-22H2,1H3,(H2,38,39,40)/t30-,31+,32+/m0/s1. The van der Waals surface area contributed by atoms with E-state index in [0.29, 0.717) is 23.1 Å². The van der Waals surface area contributed by atoms with Crippen LogP contribution in [-0.2, 0) is 19.8 Å². The molecule has 0 aliphatic carbocycles. The van der Waals surface area contributed by atoms with E-state index in [1.54, 1.807) is 23.0 Å². The first-order chi connectivity index (χ1) is 22.5. The first-order valence-electron chi connectivity index (χ1n) is 15.2. The molecule has 230 valence electrons. The lowest BCUT2D eigenvalue weighted by Crippen LogP contribution is -2.39. The lowest BCUT2D eigenvalue weighted by atomic mass is 9.80. The van der Waals surface area contributed by atoms with Gasteiger partial charge in [0, 0.05) is 6.42 Å². The summed E-state index contributed by atoms with van der Waals surface area (Å²) in [5.41, 5.74) is 10.5. The third-order valence-corrected chi connectivity index (χ3v) is 8.43. The number of rotatable bonds is 9. The minimum absolute atomic E-state index is 0.116. The van der Waals surface area contributed by atoms with Gasteiger partial charge < -0.3 is 19.9 Å². The summed E-state index contributed by atoms with van der Waals surface area (Å²) in [5, 5.41) is 0. The Morgan fingerprint density at radius 1 is 0.848 bits per heavy atom. The number of aryl methyl sites for hydroxylation is 1. The van der Waals surface area contributed by atoms with Gasteiger partial charge in [-0.3, -0.25) is 4.57 Å². The van der Waals surface area contributed by atoms with Crippen LogP contribution in [0.1, 0.15) is 45.3 Å². The second-order valence-corrected chi connectivity index (χ2v) is 11.3. The zero-order valence-electron chi connectivity index (χ0n) is 25.3.